The van der Waals surface area contributed by atoms with Crippen molar-refractivity contribution < 1.29 is 19.6 Å². The maximum Gasteiger partial charge on any atom is 0.340 e. The molecule has 0 amide bonds. The number of esters is 1. The number of carbonyl (C=O) groups is 1. The van der Waals surface area contributed by atoms with E-state index in [9.17, 15) is 14.9 Å². The molecule has 1 heterocycles. The summed E-state index contributed by atoms with van der Waals surface area (Å²) < 4.78 is 7.02. The standard InChI is InChI=1S/C19H18N4O5/c24-11-9-20-18-7-6-16(23(26)27)12-17(18)19(25)28-13-14-2-4-15(5-3-14)22-10-1-8-21-22/h1-8,10,12,20,24H,9,11,13H2. The van der Waals surface area contributed by atoms with Gasteiger partial charge in [0.1, 0.15) is 6.61 Å². The smallest absolute Gasteiger partial charge is 0.340 e. The molecule has 0 saturated heterocycles. The van der Waals surface area contributed by atoms with Gasteiger partial charge in [-0.2, -0.15) is 5.10 Å². The molecule has 0 spiro atoms. The van der Waals surface area contributed by atoms with E-state index < -0.39 is 10.9 Å². The summed E-state index contributed by atoms with van der Waals surface area (Å²) in [6.07, 6.45) is 3.50. The zero-order valence-corrected chi connectivity index (χ0v) is 14.8. The van der Waals surface area contributed by atoms with Crippen LogP contribution in [-0.4, -0.2) is 38.9 Å². The Kier molecular flexibility index (Phi) is 5.97. The van der Waals surface area contributed by atoms with Crippen LogP contribution in [0.15, 0.2) is 60.9 Å². The highest BCUT2D eigenvalue weighted by atomic mass is 16.6. The summed E-state index contributed by atoms with van der Waals surface area (Å²) in [6.45, 7) is 0.0708. The Hall–Kier alpha value is -3.72. The second-order valence-corrected chi connectivity index (χ2v) is 5.83. The zero-order valence-electron chi connectivity index (χ0n) is 14.8. The molecule has 0 saturated carbocycles. The first-order chi connectivity index (χ1) is 13.6. The van der Waals surface area contributed by atoms with Gasteiger partial charge in [-0.15, -0.1) is 0 Å². The first-order valence-electron chi connectivity index (χ1n) is 8.48. The van der Waals surface area contributed by atoms with E-state index >= 15 is 0 Å². The van der Waals surface area contributed by atoms with Crippen molar-refractivity contribution in [3.05, 3.63) is 82.2 Å². The minimum Gasteiger partial charge on any atom is -0.457 e. The van der Waals surface area contributed by atoms with Gasteiger partial charge in [-0.1, -0.05) is 12.1 Å². The van der Waals surface area contributed by atoms with Gasteiger partial charge in [0.25, 0.3) is 5.69 Å². The lowest BCUT2D eigenvalue weighted by Gasteiger charge is -2.11. The third-order valence-corrected chi connectivity index (χ3v) is 3.94. The van der Waals surface area contributed by atoms with Crippen molar-refractivity contribution in [2.24, 2.45) is 0 Å². The molecule has 3 rings (SSSR count). The average Bonchev–Trinajstić information content (AvgIpc) is 3.25. The van der Waals surface area contributed by atoms with Crippen molar-refractivity contribution >= 4 is 17.3 Å². The number of aromatic nitrogens is 2. The van der Waals surface area contributed by atoms with Gasteiger partial charge in [-0.05, 0) is 29.8 Å². The Morgan fingerprint density at radius 1 is 1.25 bits per heavy atom. The lowest BCUT2D eigenvalue weighted by Crippen LogP contribution is -2.13. The number of nitro groups is 1. The van der Waals surface area contributed by atoms with Gasteiger partial charge in [-0.25, -0.2) is 9.48 Å². The molecule has 9 nitrogen and oxygen atoms in total. The molecule has 2 aromatic carbocycles. The Bertz CT molecular complexity index is 955. The monoisotopic (exact) mass is 382 g/mol. The molecule has 0 bridgehead atoms. The molecule has 9 heteroatoms. The maximum atomic E-state index is 12.5. The van der Waals surface area contributed by atoms with E-state index in [-0.39, 0.29) is 31.0 Å². The molecular formula is C19H18N4O5. The second-order valence-electron chi connectivity index (χ2n) is 5.83. The summed E-state index contributed by atoms with van der Waals surface area (Å²) in [5, 5.41) is 26.9. The van der Waals surface area contributed by atoms with Crippen LogP contribution < -0.4 is 5.32 Å². The zero-order chi connectivity index (χ0) is 19.9. The Balaban J connectivity index is 1.71. The fourth-order valence-corrected chi connectivity index (χ4v) is 2.55. The minimum atomic E-state index is -0.694. The van der Waals surface area contributed by atoms with Gasteiger partial charge in [0.2, 0.25) is 0 Å². The number of carbonyl (C=O) groups excluding carboxylic acids is 1. The van der Waals surface area contributed by atoms with E-state index in [1.54, 1.807) is 10.9 Å². The van der Waals surface area contributed by atoms with Gasteiger partial charge < -0.3 is 15.2 Å². The normalized spacial score (nSPS) is 10.5. The van der Waals surface area contributed by atoms with Crippen LogP contribution in [0.3, 0.4) is 0 Å². The molecule has 3 aromatic rings. The topological polar surface area (TPSA) is 120 Å². The number of ether oxygens (including phenoxy) is 1. The number of nitrogens with one attached hydrogen (secondary N) is 1. The number of benzene rings is 2. The molecule has 0 atom stereocenters. The summed E-state index contributed by atoms with van der Waals surface area (Å²) in [4.78, 5) is 22.9. The van der Waals surface area contributed by atoms with Crippen LogP contribution in [0.5, 0.6) is 0 Å². The molecule has 0 unspecified atom stereocenters. The molecule has 0 radical (unpaired) electrons. The molecule has 0 fully saturated rings. The highest BCUT2D eigenvalue weighted by molar-refractivity contribution is 5.96. The molecule has 1 aromatic heterocycles. The van der Waals surface area contributed by atoms with E-state index in [4.69, 9.17) is 9.84 Å². The third-order valence-electron chi connectivity index (χ3n) is 3.94. The number of nitro benzene ring substituents is 1. The van der Waals surface area contributed by atoms with E-state index in [0.29, 0.717) is 5.69 Å². The number of aliphatic hydroxyl groups is 1. The number of rotatable bonds is 8. The van der Waals surface area contributed by atoms with Crippen molar-refractivity contribution in [3.8, 4) is 5.69 Å². The van der Waals surface area contributed by atoms with Gasteiger partial charge in [0, 0.05) is 36.8 Å². The number of hydrogen-bond acceptors (Lipinski definition) is 7. The predicted octanol–water partition coefficient (Wildman–Crippen LogP) is 2.54. The molecule has 0 aliphatic carbocycles. The molecule has 2 N–H and O–H groups in total. The maximum absolute atomic E-state index is 12.5. The molecule has 28 heavy (non-hydrogen) atoms. The lowest BCUT2D eigenvalue weighted by atomic mass is 10.1. The van der Waals surface area contributed by atoms with Crippen LogP contribution in [0.25, 0.3) is 5.69 Å². The van der Waals surface area contributed by atoms with Crippen molar-refractivity contribution in [1.29, 1.82) is 0 Å². The SMILES string of the molecule is O=C(OCc1ccc(-n2cccn2)cc1)c1cc([N+](=O)[O-])ccc1NCCO. The summed E-state index contributed by atoms with van der Waals surface area (Å²) in [7, 11) is 0. The first-order valence-corrected chi connectivity index (χ1v) is 8.48. The van der Waals surface area contributed by atoms with E-state index in [2.05, 4.69) is 10.4 Å². The largest absolute Gasteiger partial charge is 0.457 e. The second kappa shape index (κ2) is 8.78. The highest BCUT2D eigenvalue weighted by Crippen LogP contribution is 2.23. The Morgan fingerprint density at radius 3 is 2.68 bits per heavy atom. The molecule has 0 aliphatic rings. The van der Waals surface area contributed by atoms with Gasteiger partial charge >= 0.3 is 5.97 Å². The lowest BCUT2D eigenvalue weighted by molar-refractivity contribution is -0.384. The van der Waals surface area contributed by atoms with Gasteiger partial charge in [0.05, 0.1) is 22.8 Å². The molecular weight excluding hydrogens is 364 g/mol. The van der Waals surface area contributed by atoms with Crippen LogP contribution in [0, 0.1) is 10.1 Å². The van der Waals surface area contributed by atoms with Crippen LogP contribution in [0.2, 0.25) is 0 Å². The Labute approximate surface area is 160 Å². The van der Waals surface area contributed by atoms with E-state index in [1.807, 2.05) is 36.5 Å². The first kappa shape index (κ1) is 19.1. The quantitative estimate of drug-likeness (QED) is 0.349. The summed E-state index contributed by atoms with van der Waals surface area (Å²) in [6, 6.07) is 13.0. The van der Waals surface area contributed by atoms with Crippen molar-refractivity contribution in [1.82, 2.24) is 9.78 Å². The number of hydrogen-bond donors (Lipinski definition) is 2. The third kappa shape index (κ3) is 4.51. The van der Waals surface area contributed by atoms with Crippen LogP contribution in [0.4, 0.5) is 11.4 Å². The molecule has 0 aliphatic heterocycles. The van der Waals surface area contributed by atoms with Crippen molar-refractivity contribution in [3.63, 3.8) is 0 Å². The molecule has 144 valence electrons. The summed E-state index contributed by atoms with van der Waals surface area (Å²) in [5.41, 5.74) is 1.81. The average molecular weight is 382 g/mol. The fraction of sp³-hybridized carbons (Fsp3) is 0.158. The van der Waals surface area contributed by atoms with E-state index in [1.165, 1.54) is 12.1 Å². The summed E-state index contributed by atoms with van der Waals surface area (Å²) >= 11 is 0. The highest BCUT2D eigenvalue weighted by Gasteiger charge is 2.18. The van der Waals surface area contributed by atoms with Crippen LogP contribution in [-0.2, 0) is 11.3 Å². The number of nitrogens with zero attached hydrogens (tertiary/aromatic N) is 3. The van der Waals surface area contributed by atoms with Crippen molar-refractivity contribution in [2.45, 2.75) is 6.61 Å². The van der Waals surface area contributed by atoms with Gasteiger partial charge in [-0.3, -0.25) is 10.1 Å². The number of non-ortho nitro benzene ring substituents is 1. The Morgan fingerprint density at radius 2 is 2.04 bits per heavy atom. The predicted molar refractivity (Wildman–Crippen MR) is 101 cm³/mol. The summed E-state index contributed by atoms with van der Waals surface area (Å²) in [5.74, 6) is -0.694. The fourth-order valence-electron chi connectivity index (χ4n) is 2.55. The number of aliphatic hydroxyl groups excluding tert-OH is 1. The minimum absolute atomic E-state index is 0.0142. The van der Waals surface area contributed by atoms with Crippen LogP contribution >= 0.6 is 0 Å². The van der Waals surface area contributed by atoms with E-state index in [0.717, 1.165) is 17.3 Å². The van der Waals surface area contributed by atoms with Crippen LogP contribution in [0.1, 0.15) is 15.9 Å². The number of anilines is 1. The van der Waals surface area contributed by atoms with Crippen molar-refractivity contribution in [2.75, 3.05) is 18.5 Å². The van der Waals surface area contributed by atoms with Gasteiger partial charge in [0.15, 0.2) is 0 Å².